The summed E-state index contributed by atoms with van der Waals surface area (Å²) in [7, 11) is 0. The van der Waals surface area contributed by atoms with Crippen LogP contribution in [0.1, 0.15) is 40.5 Å². The third-order valence-electron chi connectivity index (χ3n) is 5.54. The van der Waals surface area contributed by atoms with Crippen molar-refractivity contribution in [1.29, 1.82) is 0 Å². The van der Waals surface area contributed by atoms with Gasteiger partial charge in [0.2, 0.25) is 5.91 Å². The van der Waals surface area contributed by atoms with E-state index in [4.69, 9.17) is 4.99 Å². The van der Waals surface area contributed by atoms with Crippen molar-refractivity contribution < 1.29 is 4.79 Å². The molecule has 0 aromatic carbocycles. The van der Waals surface area contributed by atoms with E-state index in [0.29, 0.717) is 5.41 Å². The molecular formula is C18H35N5O. The minimum Gasteiger partial charge on any atom is -0.357 e. The SMILES string of the molecule is CCNC(=NCCN1CCN(C(C)=O)CC1)N1CCC(C)(CC)C1. The number of amides is 1. The predicted octanol–water partition coefficient (Wildman–Crippen LogP) is 1.24. The van der Waals surface area contributed by atoms with E-state index in [1.165, 1.54) is 12.8 Å². The van der Waals surface area contributed by atoms with Crippen LogP contribution >= 0.6 is 0 Å². The van der Waals surface area contributed by atoms with Crippen LogP contribution in [0.3, 0.4) is 0 Å². The van der Waals surface area contributed by atoms with E-state index < -0.39 is 0 Å². The van der Waals surface area contributed by atoms with Crippen LogP contribution < -0.4 is 5.32 Å². The maximum atomic E-state index is 11.4. The number of carbonyl (C=O) groups excluding carboxylic acids is 1. The Hall–Kier alpha value is -1.30. The van der Waals surface area contributed by atoms with Crippen molar-refractivity contribution in [2.24, 2.45) is 10.4 Å². The Kier molecular flexibility index (Phi) is 6.90. The number of hydrogen-bond acceptors (Lipinski definition) is 3. The number of piperazine rings is 1. The van der Waals surface area contributed by atoms with Gasteiger partial charge in [-0.05, 0) is 25.2 Å². The van der Waals surface area contributed by atoms with Gasteiger partial charge in [0.15, 0.2) is 5.96 Å². The summed E-state index contributed by atoms with van der Waals surface area (Å²) in [5, 5.41) is 3.45. The predicted molar refractivity (Wildman–Crippen MR) is 99.3 cm³/mol. The number of nitrogens with one attached hydrogen (secondary N) is 1. The Bertz CT molecular complexity index is 445. The lowest BCUT2D eigenvalue weighted by Crippen LogP contribution is -2.48. The van der Waals surface area contributed by atoms with Gasteiger partial charge in [-0.2, -0.15) is 0 Å². The third kappa shape index (κ3) is 5.10. The fourth-order valence-corrected chi connectivity index (χ4v) is 3.50. The van der Waals surface area contributed by atoms with Gasteiger partial charge in [0.25, 0.3) is 0 Å². The zero-order valence-corrected chi connectivity index (χ0v) is 16.0. The highest BCUT2D eigenvalue weighted by Gasteiger charge is 2.33. The zero-order chi connectivity index (χ0) is 17.6. The molecule has 1 amide bonds. The highest BCUT2D eigenvalue weighted by molar-refractivity contribution is 5.80. The molecule has 0 radical (unpaired) electrons. The van der Waals surface area contributed by atoms with Crippen molar-refractivity contribution in [2.75, 3.05) is 58.9 Å². The molecule has 2 aliphatic heterocycles. The van der Waals surface area contributed by atoms with Crippen LogP contribution in [0.4, 0.5) is 0 Å². The average Bonchev–Trinajstić information content (AvgIpc) is 2.97. The number of guanidine groups is 1. The first-order chi connectivity index (χ1) is 11.5. The maximum Gasteiger partial charge on any atom is 0.219 e. The largest absolute Gasteiger partial charge is 0.357 e. The molecule has 1 atom stereocenters. The van der Waals surface area contributed by atoms with Gasteiger partial charge in [-0.15, -0.1) is 0 Å². The van der Waals surface area contributed by atoms with E-state index in [-0.39, 0.29) is 5.91 Å². The summed E-state index contributed by atoms with van der Waals surface area (Å²) in [5.74, 6) is 1.26. The van der Waals surface area contributed by atoms with Crippen molar-refractivity contribution in [3.05, 3.63) is 0 Å². The summed E-state index contributed by atoms with van der Waals surface area (Å²) in [6.07, 6.45) is 2.48. The first-order valence-corrected chi connectivity index (χ1v) is 9.48. The van der Waals surface area contributed by atoms with E-state index in [2.05, 4.69) is 35.9 Å². The fraction of sp³-hybridized carbons (Fsp3) is 0.889. The molecule has 0 saturated carbocycles. The van der Waals surface area contributed by atoms with Crippen LogP contribution in [0.5, 0.6) is 0 Å². The first-order valence-electron chi connectivity index (χ1n) is 9.48. The van der Waals surface area contributed by atoms with E-state index in [1.807, 2.05) is 4.90 Å². The minimum absolute atomic E-state index is 0.190. The average molecular weight is 338 g/mol. The normalized spacial score (nSPS) is 26.1. The first kappa shape index (κ1) is 19.0. The lowest BCUT2D eigenvalue weighted by atomic mass is 9.87. The molecule has 2 fully saturated rings. The maximum absolute atomic E-state index is 11.4. The van der Waals surface area contributed by atoms with Gasteiger partial charge < -0.3 is 15.1 Å². The minimum atomic E-state index is 0.190. The van der Waals surface area contributed by atoms with Gasteiger partial charge in [0, 0.05) is 59.3 Å². The molecule has 24 heavy (non-hydrogen) atoms. The topological polar surface area (TPSA) is 51.2 Å². The molecule has 0 aliphatic carbocycles. The van der Waals surface area contributed by atoms with Gasteiger partial charge in [-0.25, -0.2) is 0 Å². The van der Waals surface area contributed by atoms with Gasteiger partial charge in [0.1, 0.15) is 0 Å². The highest BCUT2D eigenvalue weighted by Crippen LogP contribution is 2.32. The summed E-state index contributed by atoms with van der Waals surface area (Å²) in [5.41, 5.74) is 0.430. The molecule has 0 bridgehead atoms. The lowest BCUT2D eigenvalue weighted by molar-refractivity contribution is -0.130. The molecule has 6 heteroatoms. The monoisotopic (exact) mass is 337 g/mol. The van der Waals surface area contributed by atoms with E-state index in [9.17, 15) is 4.79 Å². The second kappa shape index (κ2) is 8.70. The van der Waals surface area contributed by atoms with Gasteiger partial charge in [-0.1, -0.05) is 13.8 Å². The molecule has 1 unspecified atom stereocenters. The fourth-order valence-electron chi connectivity index (χ4n) is 3.50. The highest BCUT2D eigenvalue weighted by atomic mass is 16.2. The molecule has 1 N–H and O–H groups in total. The van der Waals surface area contributed by atoms with Crippen LogP contribution in [0.25, 0.3) is 0 Å². The van der Waals surface area contributed by atoms with Crippen molar-refractivity contribution in [3.8, 4) is 0 Å². The molecule has 2 rings (SSSR count). The molecule has 0 aromatic rings. The summed E-state index contributed by atoms with van der Waals surface area (Å²) >= 11 is 0. The Morgan fingerprint density at radius 2 is 1.83 bits per heavy atom. The second-order valence-electron chi connectivity index (χ2n) is 7.42. The van der Waals surface area contributed by atoms with Crippen LogP contribution in [-0.4, -0.2) is 85.5 Å². The molecule has 2 saturated heterocycles. The molecular weight excluding hydrogens is 302 g/mol. The molecule has 6 nitrogen and oxygen atoms in total. The number of nitrogens with zero attached hydrogens (tertiary/aromatic N) is 4. The number of likely N-dealkylation sites (tertiary alicyclic amines) is 1. The van der Waals surface area contributed by atoms with Gasteiger partial charge in [-0.3, -0.25) is 14.7 Å². The van der Waals surface area contributed by atoms with Crippen molar-refractivity contribution in [1.82, 2.24) is 20.0 Å². The Labute approximate surface area is 147 Å². The summed E-state index contributed by atoms with van der Waals surface area (Å²) in [6, 6.07) is 0. The lowest BCUT2D eigenvalue weighted by Gasteiger charge is -2.34. The molecule has 2 heterocycles. The number of rotatable bonds is 5. The standard InChI is InChI=1S/C18H35N5O/c1-5-18(4)7-9-23(15-18)17(19-6-2)20-8-10-21-11-13-22(14-12-21)16(3)24/h5-15H2,1-4H3,(H,19,20). The van der Waals surface area contributed by atoms with Crippen LogP contribution in [-0.2, 0) is 4.79 Å². The van der Waals surface area contributed by atoms with Gasteiger partial charge in [0.05, 0.1) is 6.54 Å². The summed E-state index contributed by atoms with van der Waals surface area (Å²) in [6.45, 7) is 17.0. The van der Waals surface area contributed by atoms with Crippen molar-refractivity contribution in [2.45, 2.75) is 40.5 Å². The van der Waals surface area contributed by atoms with Crippen LogP contribution in [0.15, 0.2) is 4.99 Å². The molecule has 0 spiro atoms. The molecule has 0 aromatic heterocycles. The van der Waals surface area contributed by atoms with Crippen molar-refractivity contribution in [3.63, 3.8) is 0 Å². The second-order valence-corrected chi connectivity index (χ2v) is 7.42. The van der Waals surface area contributed by atoms with E-state index in [1.54, 1.807) is 6.92 Å². The quantitative estimate of drug-likeness (QED) is 0.606. The van der Waals surface area contributed by atoms with E-state index in [0.717, 1.165) is 64.9 Å². The Morgan fingerprint density at radius 1 is 1.12 bits per heavy atom. The smallest absolute Gasteiger partial charge is 0.219 e. The van der Waals surface area contributed by atoms with Gasteiger partial charge >= 0.3 is 0 Å². The summed E-state index contributed by atoms with van der Waals surface area (Å²) < 4.78 is 0. The number of aliphatic imine (C=N–C) groups is 1. The van der Waals surface area contributed by atoms with Crippen LogP contribution in [0, 0.1) is 5.41 Å². The molecule has 138 valence electrons. The molecule has 2 aliphatic rings. The number of carbonyl (C=O) groups is 1. The van der Waals surface area contributed by atoms with Crippen molar-refractivity contribution >= 4 is 11.9 Å². The number of hydrogen-bond donors (Lipinski definition) is 1. The van der Waals surface area contributed by atoms with E-state index >= 15 is 0 Å². The zero-order valence-electron chi connectivity index (χ0n) is 16.0. The Balaban J connectivity index is 1.81. The Morgan fingerprint density at radius 3 is 2.38 bits per heavy atom. The van der Waals surface area contributed by atoms with Crippen LogP contribution in [0.2, 0.25) is 0 Å². The third-order valence-corrected chi connectivity index (χ3v) is 5.54. The summed E-state index contributed by atoms with van der Waals surface area (Å²) in [4.78, 5) is 23.0.